The zero-order chi connectivity index (χ0) is 48.3. The Morgan fingerprint density at radius 2 is 0.676 bits per heavy atom. The number of nitrogens with one attached hydrogen (secondary N) is 2. The summed E-state index contributed by atoms with van der Waals surface area (Å²) in [5.41, 5.74) is 5.97. The van der Waals surface area contributed by atoms with E-state index in [1.54, 1.807) is 0 Å². The molecular weight excluding hydrogens is 857 g/mol. The van der Waals surface area contributed by atoms with Crippen molar-refractivity contribution in [1.29, 1.82) is 0 Å². The number of aliphatic hydroxyl groups excluding tert-OH is 4. The largest absolute Gasteiger partial charge is 0.395 e. The molecule has 0 saturated heterocycles. The van der Waals surface area contributed by atoms with E-state index in [-0.39, 0.29) is 38.2 Å². The number of benzene rings is 4. The van der Waals surface area contributed by atoms with Crippen LogP contribution in [0.1, 0.15) is 103 Å². The number of rotatable bonds is 32. The van der Waals surface area contributed by atoms with Gasteiger partial charge in [-0.1, -0.05) is 63.2 Å². The summed E-state index contributed by atoms with van der Waals surface area (Å²) in [7, 11) is 0. The van der Waals surface area contributed by atoms with Crippen LogP contribution < -0.4 is 20.4 Å². The van der Waals surface area contributed by atoms with E-state index >= 15 is 0 Å². The van der Waals surface area contributed by atoms with E-state index in [2.05, 4.69) is 54.8 Å². The molecule has 4 aromatic carbocycles. The lowest BCUT2D eigenvalue weighted by Crippen LogP contribution is -2.29. The monoisotopic (exact) mass is 927 g/mol. The lowest BCUT2D eigenvalue weighted by Gasteiger charge is -2.22. The third kappa shape index (κ3) is 22.9. The molecule has 6 N–H and O–H groups in total. The molecule has 0 bridgehead atoms. The highest BCUT2D eigenvalue weighted by Crippen LogP contribution is 2.25. The Hall–Kier alpha value is -6.42. The highest BCUT2D eigenvalue weighted by atomic mass is 16.3. The molecule has 362 valence electrons. The van der Waals surface area contributed by atoms with Crippen LogP contribution in [-0.4, -0.2) is 84.8 Å². The Bertz CT molecular complexity index is 2040. The lowest BCUT2D eigenvalue weighted by molar-refractivity contribution is -0.117. The van der Waals surface area contributed by atoms with Gasteiger partial charge in [-0.25, -0.2) is 0 Å². The minimum Gasteiger partial charge on any atom is -0.395 e. The van der Waals surface area contributed by atoms with Gasteiger partial charge in [-0.3, -0.25) is 9.59 Å². The molecule has 0 heterocycles. The molecule has 14 heteroatoms. The second-order valence-electron chi connectivity index (χ2n) is 16.3. The van der Waals surface area contributed by atoms with Gasteiger partial charge in [-0.2, -0.15) is 20.5 Å². The molecule has 0 aromatic heterocycles. The van der Waals surface area contributed by atoms with Crippen molar-refractivity contribution in [2.45, 2.75) is 103 Å². The number of aliphatic hydroxyl groups is 4. The maximum Gasteiger partial charge on any atom is 0.224 e. The van der Waals surface area contributed by atoms with Crippen LogP contribution in [0, 0.1) is 23.7 Å². The Balaban J connectivity index is 0.931. The van der Waals surface area contributed by atoms with Gasteiger partial charge < -0.3 is 40.9 Å². The number of unbranched alkanes of at least 4 members (excludes halogenated alkanes) is 12. The first kappa shape index (κ1) is 54.2. The molecule has 0 spiro atoms. The van der Waals surface area contributed by atoms with Crippen LogP contribution >= 0.6 is 0 Å². The first-order valence-corrected chi connectivity index (χ1v) is 24.1. The van der Waals surface area contributed by atoms with Gasteiger partial charge in [0.1, 0.15) is 0 Å². The van der Waals surface area contributed by atoms with Gasteiger partial charge in [0, 0.05) is 74.6 Å². The molecule has 4 rings (SSSR count). The Kier molecular flexibility index (Phi) is 27.1. The van der Waals surface area contributed by atoms with Gasteiger partial charge in [0.2, 0.25) is 11.8 Å². The molecule has 0 radical (unpaired) electrons. The van der Waals surface area contributed by atoms with Crippen molar-refractivity contribution in [3.8, 4) is 23.7 Å². The minimum atomic E-state index is 0.00668. The maximum atomic E-state index is 12.4. The van der Waals surface area contributed by atoms with Gasteiger partial charge in [0.25, 0.3) is 0 Å². The highest BCUT2D eigenvalue weighted by Gasteiger charge is 2.08. The summed E-state index contributed by atoms with van der Waals surface area (Å²) in [4.78, 5) is 28.7. The quantitative estimate of drug-likeness (QED) is 0.0158. The van der Waals surface area contributed by atoms with Crippen LogP contribution in [0.4, 0.5) is 45.5 Å². The van der Waals surface area contributed by atoms with Crippen LogP contribution in [-0.2, 0) is 9.59 Å². The molecule has 0 unspecified atom stereocenters. The van der Waals surface area contributed by atoms with E-state index in [0.717, 1.165) is 113 Å². The van der Waals surface area contributed by atoms with Crippen LogP contribution in [0.2, 0.25) is 0 Å². The minimum absolute atomic E-state index is 0.00668. The molecule has 0 atom stereocenters. The van der Waals surface area contributed by atoms with Crippen molar-refractivity contribution < 1.29 is 30.0 Å². The lowest BCUT2D eigenvalue weighted by atomic mass is 10.1. The summed E-state index contributed by atoms with van der Waals surface area (Å²) >= 11 is 0. The second-order valence-corrected chi connectivity index (χ2v) is 16.3. The zero-order valence-corrected chi connectivity index (χ0v) is 39.5. The van der Waals surface area contributed by atoms with Crippen LogP contribution in [0.15, 0.2) is 118 Å². The average molecular weight is 927 g/mol. The van der Waals surface area contributed by atoms with E-state index in [1.165, 1.54) is 0 Å². The van der Waals surface area contributed by atoms with Crippen LogP contribution in [0.25, 0.3) is 0 Å². The van der Waals surface area contributed by atoms with Crippen molar-refractivity contribution in [3.63, 3.8) is 0 Å². The van der Waals surface area contributed by atoms with Gasteiger partial charge in [-0.15, -0.1) is 0 Å². The molecule has 2 amide bonds. The maximum absolute atomic E-state index is 12.4. The van der Waals surface area contributed by atoms with Crippen molar-refractivity contribution in [2.24, 2.45) is 20.5 Å². The number of hydrogen-bond acceptors (Lipinski definition) is 12. The van der Waals surface area contributed by atoms with Gasteiger partial charge in [0.05, 0.1) is 49.2 Å². The van der Waals surface area contributed by atoms with Gasteiger partial charge in [-0.05, 0) is 135 Å². The number of hydrogen-bond donors (Lipinski definition) is 6. The molecule has 68 heavy (non-hydrogen) atoms. The molecule has 0 aliphatic rings. The molecule has 0 aliphatic carbocycles. The average Bonchev–Trinajstić information content (AvgIpc) is 3.35. The summed E-state index contributed by atoms with van der Waals surface area (Å²) < 4.78 is 0. The zero-order valence-electron chi connectivity index (χ0n) is 39.5. The fraction of sp³-hybridized carbons (Fsp3) is 0.444. The van der Waals surface area contributed by atoms with E-state index in [1.807, 2.05) is 107 Å². The first-order chi connectivity index (χ1) is 33.4. The van der Waals surface area contributed by atoms with Gasteiger partial charge in [0.15, 0.2) is 0 Å². The van der Waals surface area contributed by atoms with E-state index in [9.17, 15) is 30.0 Å². The molecule has 0 saturated carbocycles. The van der Waals surface area contributed by atoms with Crippen LogP contribution in [0.3, 0.4) is 0 Å². The number of nitrogens with zero attached hydrogens (tertiary/aromatic N) is 6. The Morgan fingerprint density at radius 3 is 0.985 bits per heavy atom. The third-order valence-electron chi connectivity index (χ3n) is 10.9. The SMILES string of the molecule is O=C(CCCCCCCCC#CC#CCCCCCCCCC(=O)Nc1ccc(N=Nc2ccc(N(CCO)CCO)cc2)cc1)Nc1ccc(N=Nc2ccc(N(CCO)CCO)cc2)cc1. The van der Waals surface area contributed by atoms with Crippen molar-refractivity contribution in [2.75, 3.05) is 73.0 Å². The fourth-order valence-electron chi connectivity index (χ4n) is 7.21. The standard InChI is InChI=1S/C54H70N8O6/c63-41-37-61(38-42-64)51-33-29-49(30-34-51)59-57-47-25-21-45(22-26-47)55-53(67)19-17-15-13-11-9-7-5-3-1-2-4-6-8-10-12-14-16-18-20-54(68)56-46-23-27-48(28-24-46)58-60-50-31-35-52(36-32-50)62(39-43-65)40-44-66/h21-36,63-66H,5-20,37-44H2,(H,55,67)(H,56,68). The van der Waals surface area contributed by atoms with Crippen molar-refractivity contribution in [3.05, 3.63) is 97.1 Å². The normalized spacial score (nSPS) is 10.9. The number of amides is 2. The third-order valence-corrected chi connectivity index (χ3v) is 10.9. The topological polar surface area (TPSA) is 195 Å². The summed E-state index contributed by atoms with van der Waals surface area (Å²) in [6.45, 7) is 1.80. The number of anilines is 4. The molecular formula is C54H70N8O6. The smallest absolute Gasteiger partial charge is 0.224 e. The van der Waals surface area contributed by atoms with Crippen molar-refractivity contribution in [1.82, 2.24) is 0 Å². The summed E-state index contributed by atoms with van der Waals surface area (Å²) in [6.07, 6.45) is 15.3. The second kappa shape index (κ2) is 34.0. The predicted molar refractivity (Wildman–Crippen MR) is 274 cm³/mol. The molecule has 14 nitrogen and oxygen atoms in total. The number of carbonyl (C=O) groups excluding carboxylic acids is 2. The highest BCUT2D eigenvalue weighted by molar-refractivity contribution is 5.91. The fourth-order valence-corrected chi connectivity index (χ4v) is 7.21. The molecule has 0 fully saturated rings. The first-order valence-electron chi connectivity index (χ1n) is 24.1. The van der Waals surface area contributed by atoms with E-state index in [4.69, 9.17) is 0 Å². The van der Waals surface area contributed by atoms with E-state index < -0.39 is 0 Å². The number of carbonyl (C=O) groups is 2. The Labute approximate surface area is 403 Å². The summed E-state index contributed by atoms with van der Waals surface area (Å²) in [6, 6.07) is 29.4. The Morgan fingerprint density at radius 1 is 0.397 bits per heavy atom. The molecule has 0 aliphatic heterocycles. The number of azo groups is 2. The van der Waals surface area contributed by atoms with Crippen LogP contribution in [0.5, 0.6) is 0 Å². The summed E-state index contributed by atoms with van der Waals surface area (Å²) in [5.74, 6) is 12.3. The molecule has 4 aromatic rings. The summed E-state index contributed by atoms with van der Waals surface area (Å²) in [5, 5.41) is 60.1. The predicted octanol–water partition coefficient (Wildman–Crippen LogP) is 10.9. The van der Waals surface area contributed by atoms with Gasteiger partial charge >= 0.3 is 0 Å². The van der Waals surface area contributed by atoms with Crippen molar-refractivity contribution >= 4 is 57.3 Å². The van der Waals surface area contributed by atoms with E-state index in [0.29, 0.717) is 61.8 Å².